The minimum atomic E-state index is -0.208. The van der Waals surface area contributed by atoms with Gasteiger partial charge in [-0.05, 0) is 38.5 Å². The van der Waals surface area contributed by atoms with Gasteiger partial charge in [0.05, 0.1) is 11.1 Å². The van der Waals surface area contributed by atoms with Crippen LogP contribution < -0.4 is 5.73 Å². The molecule has 0 aliphatic carbocycles. The number of rotatable bonds is 2. The highest BCUT2D eigenvalue weighted by molar-refractivity contribution is 6.14. The van der Waals surface area contributed by atoms with E-state index in [2.05, 4.69) is 4.98 Å². The van der Waals surface area contributed by atoms with Crippen LogP contribution in [0.25, 0.3) is 11.1 Å². The average molecular weight is 280 g/mol. The quantitative estimate of drug-likeness (QED) is 0.729. The first-order chi connectivity index (χ1) is 9.97. The number of aryl methyl sites for hydroxylation is 3. The van der Waals surface area contributed by atoms with Crippen molar-refractivity contribution in [3.8, 4) is 0 Å². The summed E-state index contributed by atoms with van der Waals surface area (Å²) < 4.78 is 5.60. The molecule has 2 N–H and O–H groups in total. The van der Waals surface area contributed by atoms with Crippen LogP contribution >= 0.6 is 0 Å². The Morgan fingerprint density at radius 3 is 2.62 bits per heavy atom. The number of hydrogen-bond acceptors (Lipinski definition) is 4. The van der Waals surface area contributed by atoms with Gasteiger partial charge in [-0.1, -0.05) is 23.8 Å². The molecule has 2 heterocycles. The lowest BCUT2D eigenvalue weighted by Crippen LogP contribution is -2.05. The number of carbonyl (C=O) groups excluding carboxylic acids is 1. The highest BCUT2D eigenvalue weighted by Gasteiger charge is 2.22. The molecule has 0 aliphatic rings. The largest absolute Gasteiger partial charge is 0.432 e. The molecule has 0 saturated carbocycles. The molecule has 0 saturated heterocycles. The number of fused-ring (bicyclic) bond motifs is 1. The van der Waals surface area contributed by atoms with Gasteiger partial charge in [-0.25, -0.2) is 4.98 Å². The molecular weight excluding hydrogens is 264 g/mol. The van der Waals surface area contributed by atoms with E-state index in [0.29, 0.717) is 22.4 Å². The maximum atomic E-state index is 12.7. The first-order valence-electron chi connectivity index (χ1n) is 6.75. The zero-order valence-electron chi connectivity index (χ0n) is 12.2. The fourth-order valence-electron chi connectivity index (χ4n) is 2.45. The lowest BCUT2D eigenvalue weighted by atomic mass is 10.0. The van der Waals surface area contributed by atoms with Crippen molar-refractivity contribution in [1.82, 2.24) is 4.98 Å². The third-order valence-corrected chi connectivity index (χ3v) is 3.57. The van der Waals surface area contributed by atoms with E-state index in [1.165, 1.54) is 0 Å². The number of benzene rings is 1. The van der Waals surface area contributed by atoms with Gasteiger partial charge >= 0.3 is 0 Å². The summed E-state index contributed by atoms with van der Waals surface area (Å²) in [5, 5.41) is 0.675. The molecule has 0 unspecified atom stereocenters. The van der Waals surface area contributed by atoms with Crippen molar-refractivity contribution in [2.75, 3.05) is 5.73 Å². The van der Waals surface area contributed by atoms with Crippen LogP contribution in [0.1, 0.15) is 32.9 Å². The Bertz CT molecular complexity index is 863. The predicted octanol–water partition coefficient (Wildman–Crippen LogP) is 3.57. The minimum absolute atomic E-state index is 0.162. The van der Waals surface area contributed by atoms with Gasteiger partial charge in [-0.3, -0.25) is 4.79 Å². The maximum absolute atomic E-state index is 12.7. The van der Waals surface area contributed by atoms with Gasteiger partial charge < -0.3 is 10.2 Å². The summed E-state index contributed by atoms with van der Waals surface area (Å²) in [6.45, 7) is 5.76. The van der Waals surface area contributed by atoms with Crippen LogP contribution in [-0.4, -0.2) is 10.8 Å². The summed E-state index contributed by atoms with van der Waals surface area (Å²) in [4.78, 5) is 16.9. The molecule has 106 valence electrons. The Kier molecular flexibility index (Phi) is 3.01. The number of pyridine rings is 1. The van der Waals surface area contributed by atoms with E-state index < -0.39 is 0 Å². The minimum Gasteiger partial charge on any atom is -0.432 e. The molecule has 0 bridgehead atoms. The van der Waals surface area contributed by atoms with Crippen molar-refractivity contribution in [3.05, 3.63) is 58.5 Å². The lowest BCUT2D eigenvalue weighted by molar-refractivity contribution is 0.101. The zero-order valence-corrected chi connectivity index (χ0v) is 12.2. The number of nitrogens with zero attached hydrogens (tertiary/aromatic N) is 1. The van der Waals surface area contributed by atoms with Crippen LogP contribution in [-0.2, 0) is 0 Å². The lowest BCUT2D eigenvalue weighted by Gasteiger charge is -2.04. The zero-order chi connectivity index (χ0) is 15.1. The molecule has 0 atom stereocenters. The van der Waals surface area contributed by atoms with Gasteiger partial charge in [0.1, 0.15) is 0 Å². The van der Waals surface area contributed by atoms with Gasteiger partial charge in [-0.2, -0.15) is 0 Å². The molecule has 0 spiro atoms. The number of nitrogens with two attached hydrogens (primary N) is 1. The average Bonchev–Trinajstić information content (AvgIpc) is 2.75. The molecular formula is C17H16N2O2. The molecule has 3 rings (SSSR count). The highest BCUT2D eigenvalue weighted by atomic mass is 16.4. The van der Waals surface area contributed by atoms with Crippen molar-refractivity contribution < 1.29 is 9.21 Å². The summed E-state index contributed by atoms with van der Waals surface area (Å²) in [5.74, 6) is -0.0456. The van der Waals surface area contributed by atoms with Gasteiger partial charge in [0.2, 0.25) is 17.3 Å². The summed E-state index contributed by atoms with van der Waals surface area (Å²) in [7, 11) is 0. The standard InChI is InChI=1S/C17H16N2O2/c1-9-4-6-12(10(2)8-9)15(20)16-14(18)13-7-5-11(3)19-17(13)21-16/h4-8H,18H2,1-3H3. The number of anilines is 1. The Labute approximate surface area is 122 Å². The van der Waals surface area contributed by atoms with Crippen LogP contribution in [0.4, 0.5) is 5.69 Å². The third kappa shape index (κ3) is 2.18. The van der Waals surface area contributed by atoms with Gasteiger partial charge in [0.15, 0.2) is 0 Å². The van der Waals surface area contributed by atoms with Crippen molar-refractivity contribution >= 4 is 22.6 Å². The molecule has 21 heavy (non-hydrogen) atoms. The molecule has 0 aliphatic heterocycles. The summed E-state index contributed by atoms with van der Waals surface area (Å²) in [6, 6.07) is 9.35. The predicted molar refractivity (Wildman–Crippen MR) is 82.5 cm³/mol. The van der Waals surface area contributed by atoms with Gasteiger partial charge in [0, 0.05) is 11.3 Å². The van der Waals surface area contributed by atoms with E-state index in [1.807, 2.05) is 45.0 Å². The van der Waals surface area contributed by atoms with Crippen molar-refractivity contribution in [2.24, 2.45) is 0 Å². The summed E-state index contributed by atoms with van der Waals surface area (Å²) in [5.41, 5.74) is 10.2. The highest BCUT2D eigenvalue weighted by Crippen LogP contribution is 2.29. The number of aromatic nitrogens is 1. The third-order valence-electron chi connectivity index (χ3n) is 3.57. The van der Waals surface area contributed by atoms with E-state index in [4.69, 9.17) is 10.2 Å². The number of hydrogen-bond donors (Lipinski definition) is 1. The van der Waals surface area contributed by atoms with Crippen LogP contribution in [0.2, 0.25) is 0 Å². The van der Waals surface area contributed by atoms with Gasteiger partial charge in [0.25, 0.3) is 0 Å². The first kappa shape index (κ1) is 13.4. The monoisotopic (exact) mass is 280 g/mol. The molecule has 3 aromatic rings. The number of carbonyl (C=O) groups is 1. The van der Waals surface area contributed by atoms with Crippen molar-refractivity contribution in [3.63, 3.8) is 0 Å². The van der Waals surface area contributed by atoms with Crippen LogP contribution in [0.5, 0.6) is 0 Å². The molecule has 4 nitrogen and oxygen atoms in total. The molecule has 0 amide bonds. The van der Waals surface area contributed by atoms with E-state index >= 15 is 0 Å². The smallest absolute Gasteiger partial charge is 0.230 e. The second kappa shape index (κ2) is 4.74. The van der Waals surface area contributed by atoms with E-state index in [-0.39, 0.29) is 11.5 Å². The molecule has 0 fully saturated rings. The second-order valence-corrected chi connectivity index (χ2v) is 5.30. The second-order valence-electron chi connectivity index (χ2n) is 5.30. The topological polar surface area (TPSA) is 69.1 Å². The van der Waals surface area contributed by atoms with E-state index in [9.17, 15) is 4.79 Å². The van der Waals surface area contributed by atoms with E-state index in [1.54, 1.807) is 6.07 Å². The molecule has 4 heteroatoms. The number of furan rings is 1. The summed E-state index contributed by atoms with van der Waals surface area (Å²) >= 11 is 0. The van der Waals surface area contributed by atoms with Crippen LogP contribution in [0.15, 0.2) is 34.7 Å². The van der Waals surface area contributed by atoms with Gasteiger partial charge in [-0.15, -0.1) is 0 Å². The van der Waals surface area contributed by atoms with Crippen molar-refractivity contribution in [2.45, 2.75) is 20.8 Å². The Morgan fingerprint density at radius 2 is 1.90 bits per heavy atom. The van der Waals surface area contributed by atoms with Crippen LogP contribution in [0, 0.1) is 20.8 Å². The fraction of sp³-hybridized carbons (Fsp3) is 0.176. The Balaban J connectivity index is 2.15. The molecule has 0 radical (unpaired) electrons. The summed E-state index contributed by atoms with van der Waals surface area (Å²) in [6.07, 6.45) is 0. The maximum Gasteiger partial charge on any atom is 0.230 e. The number of nitrogen functional groups attached to an aromatic ring is 1. The molecule has 2 aromatic heterocycles. The fourth-order valence-corrected chi connectivity index (χ4v) is 2.45. The van der Waals surface area contributed by atoms with Crippen LogP contribution in [0.3, 0.4) is 0 Å². The number of ketones is 1. The first-order valence-corrected chi connectivity index (χ1v) is 6.75. The Morgan fingerprint density at radius 1 is 1.14 bits per heavy atom. The Hall–Kier alpha value is -2.62. The molecule has 1 aromatic carbocycles. The SMILES string of the molecule is Cc1ccc(C(=O)c2oc3nc(C)ccc3c2N)c(C)c1. The van der Waals surface area contributed by atoms with Crippen molar-refractivity contribution in [1.29, 1.82) is 0 Å². The normalized spacial score (nSPS) is 11.0. The van der Waals surface area contributed by atoms with E-state index in [0.717, 1.165) is 16.8 Å².